The molecule has 60 valence electrons. The molecule has 0 aromatic heterocycles. The molecule has 4 atom stereocenters. The Morgan fingerprint density at radius 1 is 1.00 bits per heavy atom. The fourth-order valence-electron chi connectivity index (χ4n) is 3.52. The number of ketones is 1. The van der Waals surface area contributed by atoms with Crippen LogP contribution < -0.4 is 0 Å². The van der Waals surface area contributed by atoms with Crippen LogP contribution in [-0.2, 0) is 4.79 Å². The van der Waals surface area contributed by atoms with Crippen LogP contribution in [0.3, 0.4) is 0 Å². The van der Waals surface area contributed by atoms with Crippen LogP contribution in [0.4, 0.5) is 0 Å². The molecule has 11 heavy (non-hydrogen) atoms. The lowest BCUT2D eigenvalue weighted by molar-refractivity contribution is -0.143. The Kier molecular flexibility index (Phi) is 1.06. The molecule has 4 aliphatic carbocycles. The van der Waals surface area contributed by atoms with Crippen molar-refractivity contribution < 1.29 is 4.79 Å². The zero-order chi connectivity index (χ0) is 7.42. The molecule has 0 spiro atoms. The Hall–Kier alpha value is -0.330. The van der Waals surface area contributed by atoms with Gasteiger partial charge in [0.2, 0.25) is 0 Å². The van der Waals surface area contributed by atoms with Crippen LogP contribution in [-0.4, -0.2) is 5.78 Å². The Morgan fingerprint density at radius 3 is 2.27 bits per heavy atom. The molecule has 4 fully saturated rings. The van der Waals surface area contributed by atoms with Gasteiger partial charge in [0, 0.05) is 12.3 Å². The lowest BCUT2D eigenvalue weighted by Crippen LogP contribution is -2.50. The summed E-state index contributed by atoms with van der Waals surface area (Å²) in [5.41, 5.74) is 0. The molecule has 0 heterocycles. The van der Waals surface area contributed by atoms with Crippen molar-refractivity contribution in [2.45, 2.75) is 32.1 Å². The molecular formula is C10H14O. The minimum absolute atomic E-state index is 0.513. The van der Waals surface area contributed by atoms with Crippen molar-refractivity contribution >= 4 is 5.78 Å². The molecule has 1 nitrogen and oxygen atoms in total. The first-order valence-corrected chi connectivity index (χ1v) is 4.89. The van der Waals surface area contributed by atoms with Crippen LogP contribution in [0.15, 0.2) is 0 Å². The quantitative estimate of drug-likeness (QED) is 0.516. The minimum Gasteiger partial charge on any atom is -0.299 e. The maximum Gasteiger partial charge on any atom is 0.136 e. The standard InChI is InChI=1S/C10H14O/c11-10-5-6-1-2-9(10)8-4-3-7(6)8/h6-9H,1-5H2/t6-,7-,8-,9-/m0/s1. The lowest BCUT2D eigenvalue weighted by atomic mass is 9.50. The third kappa shape index (κ3) is 0.646. The first-order chi connectivity index (χ1) is 5.36. The SMILES string of the molecule is O=C1C[C@@H]2CC[C@H]1[C@H]1CC[C@@H]21. The van der Waals surface area contributed by atoms with Crippen molar-refractivity contribution in [3.8, 4) is 0 Å². The minimum atomic E-state index is 0.513. The second-order valence-corrected chi connectivity index (χ2v) is 4.52. The third-order valence-corrected chi connectivity index (χ3v) is 4.23. The number of rotatable bonds is 0. The molecule has 1 heteroatoms. The Morgan fingerprint density at radius 2 is 1.82 bits per heavy atom. The van der Waals surface area contributed by atoms with Crippen LogP contribution in [0.2, 0.25) is 0 Å². The highest BCUT2D eigenvalue weighted by Gasteiger charge is 2.51. The largest absolute Gasteiger partial charge is 0.299 e. The van der Waals surface area contributed by atoms with Gasteiger partial charge in [-0.05, 0) is 43.4 Å². The smallest absolute Gasteiger partial charge is 0.136 e. The van der Waals surface area contributed by atoms with E-state index in [-0.39, 0.29) is 0 Å². The molecule has 0 radical (unpaired) electrons. The van der Waals surface area contributed by atoms with Gasteiger partial charge in [0.15, 0.2) is 0 Å². The Bertz CT molecular complexity index is 207. The Balaban J connectivity index is 1.94. The van der Waals surface area contributed by atoms with E-state index >= 15 is 0 Å². The molecule has 4 saturated carbocycles. The van der Waals surface area contributed by atoms with Gasteiger partial charge in [0.25, 0.3) is 0 Å². The summed E-state index contributed by atoms with van der Waals surface area (Å²) in [5, 5.41) is 0. The lowest BCUT2D eigenvalue weighted by Gasteiger charge is -2.54. The van der Waals surface area contributed by atoms with E-state index in [4.69, 9.17) is 0 Å². The van der Waals surface area contributed by atoms with Gasteiger partial charge in [-0.3, -0.25) is 4.79 Å². The van der Waals surface area contributed by atoms with Gasteiger partial charge in [-0.2, -0.15) is 0 Å². The molecular weight excluding hydrogens is 136 g/mol. The molecule has 0 amide bonds. The van der Waals surface area contributed by atoms with Crippen molar-refractivity contribution in [2.24, 2.45) is 23.7 Å². The van der Waals surface area contributed by atoms with Gasteiger partial charge in [0.1, 0.15) is 5.78 Å². The van der Waals surface area contributed by atoms with E-state index in [1.165, 1.54) is 25.7 Å². The summed E-state index contributed by atoms with van der Waals surface area (Å²) < 4.78 is 0. The third-order valence-electron chi connectivity index (χ3n) is 4.23. The van der Waals surface area contributed by atoms with Gasteiger partial charge in [-0.25, -0.2) is 0 Å². The van der Waals surface area contributed by atoms with Crippen molar-refractivity contribution in [3.05, 3.63) is 0 Å². The molecule has 0 aliphatic heterocycles. The van der Waals surface area contributed by atoms with Crippen molar-refractivity contribution in [3.63, 3.8) is 0 Å². The normalized spacial score (nSPS) is 53.6. The summed E-state index contributed by atoms with van der Waals surface area (Å²) >= 11 is 0. The summed E-state index contributed by atoms with van der Waals surface area (Å²) in [5.74, 6) is 3.74. The fraction of sp³-hybridized carbons (Fsp3) is 0.900. The van der Waals surface area contributed by atoms with E-state index in [0.29, 0.717) is 11.7 Å². The van der Waals surface area contributed by atoms with Crippen molar-refractivity contribution in [1.29, 1.82) is 0 Å². The summed E-state index contributed by atoms with van der Waals surface area (Å²) in [4.78, 5) is 11.4. The van der Waals surface area contributed by atoms with E-state index < -0.39 is 0 Å². The number of carbonyl (C=O) groups excluding carboxylic acids is 1. The van der Waals surface area contributed by atoms with E-state index in [9.17, 15) is 4.79 Å². The molecule has 4 aliphatic rings. The summed E-state index contributed by atoms with van der Waals surface area (Å²) in [6.07, 6.45) is 6.31. The molecule has 0 aromatic carbocycles. The average molecular weight is 150 g/mol. The van der Waals surface area contributed by atoms with Crippen LogP contribution >= 0.6 is 0 Å². The predicted molar refractivity (Wildman–Crippen MR) is 42.1 cm³/mol. The van der Waals surface area contributed by atoms with Crippen molar-refractivity contribution in [2.75, 3.05) is 0 Å². The van der Waals surface area contributed by atoms with Gasteiger partial charge >= 0.3 is 0 Å². The van der Waals surface area contributed by atoms with E-state index in [2.05, 4.69) is 0 Å². The molecule has 0 unspecified atom stereocenters. The average Bonchev–Trinajstić information content (AvgIpc) is 1.89. The first kappa shape index (κ1) is 6.22. The number of Topliss-reactive ketones (excluding diaryl/α,β-unsaturated/α-hetero) is 1. The van der Waals surface area contributed by atoms with Crippen LogP contribution in [0.5, 0.6) is 0 Å². The highest BCUT2D eigenvalue weighted by atomic mass is 16.1. The summed E-state index contributed by atoms with van der Waals surface area (Å²) in [6.45, 7) is 0. The number of hydrogen-bond acceptors (Lipinski definition) is 1. The topological polar surface area (TPSA) is 17.1 Å². The van der Waals surface area contributed by atoms with Crippen LogP contribution in [0.1, 0.15) is 32.1 Å². The highest BCUT2D eigenvalue weighted by Crippen LogP contribution is 2.56. The van der Waals surface area contributed by atoms with Crippen LogP contribution in [0, 0.1) is 23.7 Å². The number of hydrogen-bond donors (Lipinski definition) is 0. The molecule has 0 N–H and O–H groups in total. The van der Waals surface area contributed by atoms with Crippen LogP contribution in [0.25, 0.3) is 0 Å². The number of carbonyl (C=O) groups is 1. The van der Waals surface area contributed by atoms with Gasteiger partial charge < -0.3 is 0 Å². The molecule has 4 rings (SSSR count). The molecule has 2 bridgehead atoms. The van der Waals surface area contributed by atoms with E-state index in [1.807, 2.05) is 0 Å². The monoisotopic (exact) mass is 150 g/mol. The fourth-order valence-corrected chi connectivity index (χ4v) is 3.52. The zero-order valence-corrected chi connectivity index (χ0v) is 6.75. The second-order valence-electron chi connectivity index (χ2n) is 4.52. The maximum absolute atomic E-state index is 11.4. The van der Waals surface area contributed by atoms with Crippen molar-refractivity contribution in [1.82, 2.24) is 0 Å². The van der Waals surface area contributed by atoms with E-state index in [1.54, 1.807) is 0 Å². The maximum atomic E-state index is 11.4. The zero-order valence-electron chi connectivity index (χ0n) is 6.75. The number of fused-ring (bicyclic) bond motifs is 2. The second kappa shape index (κ2) is 1.88. The van der Waals surface area contributed by atoms with Gasteiger partial charge in [-0.1, -0.05) is 0 Å². The summed E-state index contributed by atoms with van der Waals surface area (Å²) in [6, 6.07) is 0. The van der Waals surface area contributed by atoms with Gasteiger partial charge in [-0.15, -0.1) is 0 Å². The highest BCUT2D eigenvalue weighted by molar-refractivity contribution is 5.83. The predicted octanol–water partition coefficient (Wildman–Crippen LogP) is 2.01. The molecule has 0 aromatic rings. The Labute approximate surface area is 67.2 Å². The first-order valence-electron chi connectivity index (χ1n) is 4.89. The molecule has 0 saturated heterocycles. The summed E-state index contributed by atoms with van der Waals surface area (Å²) in [7, 11) is 0. The van der Waals surface area contributed by atoms with E-state index in [0.717, 1.165) is 24.2 Å². The van der Waals surface area contributed by atoms with Gasteiger partial charge in [0.05, 0.1) is 0 Å².